The zero-order valence-corrected chi connectivity index (χ0v) is 11.2. The number of carboxylic acid groups (broad SMARTS) is 1. The predicted molar refractivity (Wildman–Crippen MR) is 75.5 cm³/mol. The summed E-state index contributed by atoms with van der Waals surface area (Å²) >= 11 is 0. The summed E-state index contributed by atoms with van der Waals surface area (Å²) in [4.78, 5) is 14.8. The molecule has 2 N–H and O–H groups in total. The van der Waals surface area contributed by atoms with Crippen molar-refractivity contribution in [3.05, 3.63) is 47.3 Å². The number of hydrogen-bond donors (Lipinski definition) is 2. The van der Waals surface area contributed by atoms with Gasteiger partial charge < -0.3 is 5.11 Å². The van der Waals surface area contributed by atoms with E-state index in [0.717, 1.165) is 22.3 Å². The van der Waals surface area contributed by atoms with E-state index in [-0.39, 0.29) is 0 Å². The van der Waals surface area contributed by atoms with Gasteiger partial charge in [-0.15, -0.1) is 0 Å². The highest BCUT2D eigenvalue weighted by atomic mass is 16.4. The van der Waals surface area contributed by atoms with Gasteiger partial charge in [0.2, 0.25) is 0 Å². The number of hydrogen-bond acceptors (Lipinski definition) is 2. The minimum absolute atomic E-state index is 0.505. The standard InChI is InChI=1S/C15H16N2O2/c1-9-6-10(2)14(11(3)7-9)12-4-5-16-8-13(12)17-15(18)19/h4-8,17H,1-3H3,(H,18,19). The quantitative estimate of drug-likeness (QED) is 0.859. The number of nitrogens with zero attached hydrogens (tertiary/aromatic N) is 1. The van der Waals surface area contributed by atoms with Gasteiger partial charge in [0, 0.05) is 11.8 Å². The van der Waals surface area contributed by atoms with Crippen LogP contribution in [-0.4, -0.2) is 16.2 Å². The van der Waals surface area contributed by atoms with E-state index in [9.17, 15) is 4.79 Å². The van der Waals surface area contributed by atoms with E-state index < -0.39 is 6.09 Å². The third kappa shape index (κ3) is 2.73. The molecule has 4 heteroatoms. The highest BCUT2D eigenvalue weighted by molar-refractivity contribution is 5.91. The summed E-state index contributed by atoms with van der Waals surface area (Å²) in [7, 11) is 0. The van der Waals surface area contributed by atoms with Crippen LogP contribution in [0.5, 0.6) is 0 Å². The molecule has 0 fully saturated rings. The first-order chi connectivity index (χ1) is 8.99. The number of aromatic nitrogens is 1. The van der Waals surface area contributed by atoms with Crippen LogP contribution in [0.15, 0.2) is 30.6 Å². The molecule has 1 aromatic heterocycles. The lowest BCUT2D eigenvalue weighted by molar-refractivity contribution is 0.209. The van der Waals surface area contributed by atoms with Crippen molar-refractivity contribution in [2.75, 3.05) is 5.32 Å². The molecule has 1 aromatic carbocycles. The van der Waals surface area contributed by atoms with Crippen LogP contribution in [-0.2, 0) is 0 Å². The monoisotopic (exact) mass is 256 g/mol. The Kier molecular flexibility index (Phi) is 3.51. The number of aryl methyl sites for hydroxylation is 3. The van der Waals surface area contributed by atoms with Crippen molar-refractivity contribution in [1.29, 1.82) is 0 Å². The number of benzene rings is 1. The second-order valence-corrected chi connectivity index (χ2v) is 4.63. The number of pyridine rings is 1. The van der Waals surface area contributed by atoms with Crippen molar-refractivity contribution in [2.45, 2.75) is 20.8 Å². The van der Waals surface area contributed by atoms with E-state index >= 15 is 0 Å². The first-order valence-electron chi connectivity index (χ1n) is 6.01. The van der Waals surface area contributed by atoms with E-state index in [0.29, 0.717) is 5.69 Å². The third-order valence-corrected chi connectivity index (χ3v) is 3.01. The molecule has 0 spiro atoms. The summed E-state index contributed by atoms with van der Waals surface area (Å²) in [5.74, 6) is 0. The van der Waals surface area contributed by atoms with Crippen LogP contribution in [0.25, 0.3) is 11.1 Å². The molecule has 0 atom stereocenters. The molecule has 1 amide bonds. The smallest absolute Gasteiger partial charge is 0.409 e. The molecule has 0 unspecified atom stereocenters. The van der Waals surface area contributed by atoms with Gasteiger partial charge in [0.1, 0.15) is 0 Å². The largest absolute Gasteiger partial charge is 0.465 e. The van der Waals surface area contributed by atoms with Gasteiger partial charge in [-0.25, -0.2) is 4.79 Å². The number of nitrogens with one attached hydrogen (secondary N) is 1. The Morgan fingerprint density at radius 2 is 1.84 bits per heavy atom. The Morgan fingerprint density at radius 1 is 1.21 bits per heavy atom. The second-order valence-electron chi connectivity index (χ2n) is 4.63. The van der Waals surface area contributed by atoms with Gasteiger partial charge in [-0.05, 0) is 43.5 Å². The van der Waals surface area contributed by atoms with Crippen molar-refractivity contribution < 1.29 is 9.90 Å². The summed E-state index contributed by atoms with van der Waals surface area (Å²) in [6.07, 6.45) is 2.11. The van der Waals surface area contributed by atoms with Crippen LogP contribution in [0.1, 0.15) is 16.7 Å². The molecule has 1 heterocycles. The molecule has 0 aliphatic heterocycles. The minimum atomic E-state index is -1.09. The number of anilines is 1. The molecule has 2 aromatic rings. The van der Waals surface area contributed by atoms with Crippen LogP contribution >= 0.6 is 0 Å². The molecule has 0 aliphatic carbocycles. The molecular weight excluding hydrogens is 240 g/mol. The van der Waals surface area contributed by atoms with E-state index in [1.165, 1.54) is 11.8 Å². The van der Waals surface area contributed by atoms with Crippen LogP contribution < -0.4 is 5.32 Å². The highest BCUT2D eigenvalue weighted by Crippen LogP contribution is 2.33. The molecule has 0 saturated carbocycles. The zero-order chi connectivity index (χ0) is 14.0. The molecule has 0 bridgehead atoms. The van der Waals surface area contributed by atoms with Gasteiger partial charge in [0.25, 0.3) is 0 Å². The summed E-state index contributed by atoms with van der Waals surface area (Å²) < 4.78 is 0. The second kappa shape index (κ2) is 5.10. The Bertz CT molecular complexity index is 613. The Balaban J connectivity index is 2.62. The summed E-state index contributed by atoms with van der Waals surface area (Å²) in [6.45, 7) is 6.10. The molecule has 98 valence electrons. The number of rotatable bonds is 2. The maximum absolute atomic E-state index is 10.8. The molecule has 4 nitrogen and oxygen atoms in total. The van der Waals surface area contributed by atoms with Gasteiger partial charge >= 0.3 is 6.09 Å². The van der Waals surface area contributed by atoms with E-state index in [2.05, 4.69) is 22.4 Å². The minimum Gasteiger partial charge on any atom is -0.465 e. The third-order valence-electron chi connectivity index (χ3n) is 3.01. The van der Waals surface area contributed by atoms with Crippen LogP contribution in [0.4, 0.5) is 10.5 Å². The predicted octanol–water partition coefficient (Wildman–Crippen LogP) is 3.76. The number of amides is 1. The first kappa shape index (κ1) is 13.1. The fourth-order valence-electron chi connectivity index (χ4n) is 2.43. The fourth-order valence-corrected chi connectivity index (χ4v) is 2.43. The van der Waals surface area contributed by atoms with Gasteiger partial charge in [-0.3, -0.25) is 10.3 Å². The van der Waals surface area contributed by atoms with Crippen molar-refractivity contribution >= 4 is 11.8 Å². The lowest BCUT2D eigenvalue weighted by atomic mass is 9.93. The molecular formula is C15H16N2O2. The van der Waals surface area contributed by atoms with Crippen LogP contribution in [0, 0.1) is 20.8 Å². The maximum Gasteiger partial charge on any atom is 0.409 e. The lowest BCUT2D eigenvalue weighted by Crippen LogP contribution is -2.09. The normalized spacial score (nSPS) is 10.3. The molecule has 0 radical (unpaired) electrons. The van der Waals surface area contributed by atoms with Crippen molar-refractivity contribution in [1.82, 2.24) is 4.98 Å². The summed E-state index contributed by atoms with van der Waals surface area (Å²) in [6, 6.07) is 6.01. The number of carbonyl (C=O) groups is 1. The molecule has 0 saturated heterocycles. The maximum atomic E-state index is 10.8. The van der Waals surface area contributed by atoms with E-state index in [4.69, 9.17) is 5.11 Å². The molecule has 0 aliphatic rings. The Hall–Kier alpha value is -2.36. The van der Waals surface area contributed by atoms with Crippen molar-refractivity contribution in [2.24, 2.45) is 0 Å². The Labute approximate surface area is 112 Å². The molecule has 2 rings (SSSR count). The van der Waals surface area contributed by atoms with Gasteiger partial charge in [-0.2, -0.15) is 0 Å². The van der Waals surface area contributed by atoms with Gasteiger partial charge in [0.05, 0.1) is 11.9 Å². The van der Waals surface area contributed by atoms with E-state index in [1.807, 2.05) is 26.8 Å². The summed E-state index contributed by atoms with van der Waals surface area (Å²) in [5.41, 5.74) is 5.85. The SMILES string of the molecule is Cc1cc(C)c(-c2ccncc2NC(=O)O)c(C)c1. The highest BCUT2D eigenvalue weighted by Gasteiger charge is 2.12. The topological polar surface area (TPSA) is 62.2 Å². The first-order valence-corrected chi connectivity index (χ1v) is 6.01. The van der Waals surface area contributed by atoms with Crippen LogP contribution in [0.3, 0.4) is 0 Å². The lowest BCUT2D eigenvalue weighted by Gasteiger charge is -2.14. The Morgan fingerprint density at radius 3 is 2.42 bits per heavy atom. The van der Waals surface area contributed by atoms with E-state index in [1.54, 1.807) is 6.20 Å². The average Bonchev–Trinajstić information content (AvgIpc) is 2.29. The van der Waals surface area contributed by atoms with Crippen molar-refractivity contribution in [3.63, 3.8) is 0 Å². The van der Waals surface area contributed by atoms with Gasteiger partial charge in [-0.1, -0.05) is 17.7 Å². The van der Waals surface area contributed by atoms with Crippen molar-refractivity contribution in [3.8, 4) is 11.1 Å². The fraction of sp³-hybridized carbons (Fsp3) is 0.200. The van der Waals surface area contributed by atoms with Crippen LogP contribution in [0.2, 0.25) is 0 Å². The average molecular weight is 256 g/mol. The summed E-state index contributed by atoms with van der Waals surface area (Å²) in [5, 5.41) is 11.3. The van der Waals surface area contributed by atoms with Gasteiger partial charge in [0.15, 0.2) is 0 Å². The zero-order valence-electron chi connectivity index (χ0n) is 11.2. The molecule has 19 heavy (non-hydrogen) atoms.